The van der Waals surface area contributed by atoms with Gasteiger partial charge in [-0.3, -0.25) is 0 Å². The molecular formula is C20H12ClN7S2. The van der Waals surface area contributed by atoms with Crippen molar-refractivity contribution in [2.24, 2.45) is 0 Å². The number of nitrogens with two attached hydrogens (primary N) is 1. The second-order valence-corrected chi connectivity index (χ2v) is 8.29. The third-order valence-electron chi connectivity index (χ3n) is 4.16. The molecule has 3 aromatic heterocycles. The van der Waals surface area contributed by atoms with Crippen LogP contribution in [0.4, 0.5) is 11.5 Å². The maximum absolute atomic E-state index is 9.78. The normalized spacial score (nSPS) is 10.5. The number of hydrogen-bond acceptors (Lipinski definition) is 7. The van der Waals surface area contributed by atoms with E-state index in [4.69, 9.17) is 23.9 Å². The molecule has 30 heavy (non-hydrogen) atoms. The number of H-pyrrole nitrogens is 1. The fraction of sp³-hybridized carbons (Fsp3) is 0.0500. The number of thioether (sulfide) groups is 1. The van der Waals surface area contributed by atoms with Gasteiger partial charge in [-0.1, -0.05) is 35.5 Å². The van der Waals surface area contributed by atoms with Gasteiger partial charge in [0, 0.05) is 27.3 Å². The van der Waals surface area contributed by atoms with Crippen LogP contribution in [0.15, 0.2) is 47.2 Å². The molecule has 0 radical (unpaired) electrons. The van der Waals surface area contributed by atoms with Crippen LogP contribution in [0.25, 0.3) is 26.7 Å². The summed E-state index contributed by atoms with van der Waals surface area (Å²) in [6, 6.07) is 9.67. The van der Waals surface area contributed by atoms with E-state index in [-0.39, 0.29) is 17.1 Å². The Morgan fingerprint density at radius 1 is 1.30 bits per heavy atom. The van der Waals surface area contributed by atoms with Crippen LogP contribution in [-0.2, 0) is 5.75 Å². The second kappa shape index (κ2) is 8.56. The zero-order valence-electron chi connectivity index (χ0n) is 15.3. The summed E-state index contributed by atoms with van der Waals surface area (Å²) in [6.07, 6.45) is 3.04. The van der Waals surface area contributed by atoms with Crippen molar-refractivity contribution in [1.82, 2.24) is 19.9 Å². The quantitative estimate of drug-likeness (QED) is 0.305. The topological polar surface area (TPSA) is 109 Å². The fourth-order valence-electron chi connectivity index (χ4n) is 2.79. The maximum Gasteiger partial charge on any atom is 0.238 e. The number of rotatable bonds is 5. The molecule has 0 aliphatic heterocycles. The van der Waals surface area contributed by atoms with Crippen LogP contribution < -0.4 is 5.73 Å². The van der Waals surface area contributed by atoms with Gasteiger partial charge in [0.15, 0.2) is 0 Å². The van der Waals surface area contributed by atoms with Gasteiger partial charge in [-0.05, 0) is 12.1 Å². The highest BCUT2D eigenvalue weighted by molar-refractivity contribution is 7.98. The molecule has 1 aromatic carbocycles. The molecule has 0 fully saturated rings. The molecule has 0 bridgehead atoms. The highest BCUT2D eigenvalue weighted by atomic mass is 35.5. The standard InChI is InChI=1S/C20H12ClN7S2/c1-24-17-16(15-7-25-10-26-15)14(6-22)20(28-18(17)23)30-9-13-8-29-19(27-13)11-2-4-12(21)5-3-11/h2-5,7-8,10H,9H2,(H2,23,28)(H,25,26). The van der Waals surface area contributed by atoms with Gasteiger partial charge in [0.05, 0.1) is 36.0 Å². The number of halogens is 1. The van der Waals surface area contributed by atoms with Crippen molar-refractivity contribution in [2.45, 2.75) is 10.8 Å². The summed E-state index contributed by atoms with van der Waals surface area (Å²) in [6.45, 7) is 7.44. The summed E-state index contributed by atoms with van der Waals surface area (Å²) >= 11 is 8.83. The number of aromatic nitrogens is 4. The molecule has 0 saturated carbocycles. The average molecular weight is 450 g/mol. The van der Waals surface area contributed by atoms with Crippen LogP contribution in [-0.4, -0.2) is 19.9 Å². The minimum atomic E-state index is 0.0798. The molecule has 0 aliphatic rings. The Balaban J connectivity index is 1.64. The van der Waals surface area contributed by atoms with Crippen molar-refractivity contribution in [2.75, 3.05) is 5.73 Å². The van der Waals surface area contributed by atoms with Gasteiger partial charge < -0.3 is 10.7 Å². The molecular weight excluding hydrogens is 438 g/mol. The van der Waals surface area contributed by atoms with Gasteiger partial charge in [-0.2, -0.15) is 5.26 Å². The van der Waals surface area contributed by atoms with Gasteiger partial charge >= 0.3 is 0 Å². The lowest BCUT2D eigenvalue weighted by atomic mass is 10.1. The minimum Gasteiger partial charge on any atom is -0.392 e. The first-order chi connectivity index (χ1) is 14.6. The van der Waals surface area contributed by atoms with Gasteiger partial charge in [-0.15, -0.1) is 11.3 Å². The number of aromatic amines is 1. The first-order valence-electron chi connectivity index (χ1n) is 8.53. The van der Waals surface area contributed by atoms with Crippen LogP contribution in [0.1, 0.15) is 11.3 Å². The molecule has 4 rings (SSSR count). The van der Waals surface area contributed by atoms with E-state index in [0.717, 1.165) is 16.3 Å². The Kier molecular flexibility index (Phi) is 5.68. The fourth-order valence-corrected chi connectivity index (χ4v) is 4.73. The number of benzene rings is 1. The van der Waals surface area contributed by atoms with Crippen LogP contribution in [0.5, 0.6) is 0 Å². The molecule has 10 heteroatoms. The summed E-state index contributed by atoms with van der Waals surface area (Å²) in [5.41, 5.74) is 9.26. The average Bonchev–Trinajstić information content (AvgIpc) is 3.44. The highest BCUT2D eigenvalue weighted by Gasteiger charge is 2.21. The van der Waals surface area contributed by atoms with Gasteiger partial charge in [-0.25, -0.2) is 19.8 Å². The Bertz CT molecular complexity index is 1280. The number of nitrogen functional groups attached to an aromatic ring is 1. The molecule has 146 valence electrons. The van der Waals surface area contributed by atoms with Gasteiger partial charge in [0.25, 0.3) is 0 Å². The molecule has 0 atom stereocenters. The number of anilines is 1. The van der Waals surface area contributed by atoms with Crippen molar-refractivity contribution in [3.63, 3.8) is 0 Å². The molecule has 3 heterocycles. The smallest absolute Gasteiger partial charge is 0.238 e. The van der Waals surface area contributed by atoms with Crippen LogP contribution in [0, 0.1) is 17.9 Å². The predicted molar refractivity (Wildman–Crippen MR) is 119 cm³/mol. The maximum atomic E-state index is 9.78. The van der Waals surface area contributed by atoms with Crippen LogP contribution >= 0.6 is 34.7 Å². The zero-order chi connectivity index (χ0) is 21.1. The van der Waals surface area contributed by atoms with Crippen molar-refractivity contribution in [3.05, 3.63) is 69.9 Å². The van der Waals surface area contributed by atoms with Crippen molar-refractivity contribution < 1.29 is 0 Å². The van der Waals surface area contributed by atoms with Crippen LogP contribution in [0.3, 0.4) is 0 Å². The Hall–Kier alpha value is -3.37. The van der Waals surface area contributed by atoms with Gasteiger partial charge in [0.1, 0.15) is 21.9 Å². The van der Waals surface area contributed by atoms with E-state index in [0.29, 0.717) is 27.1 Å². The number of imidazole rings is 1. The Morgan fingerprint density at radius 2 is 2.10 bits per heavy atom. The minimum absolute atomic E-state index is 0.0798. The monoisotopic (exact) mass is 449 g/mol. The first kappa shape index (κ1) is 19.9. The molecule has 0 unspecified atom stereocenters. The molecule has 0 amide bonds. The van der Waals surface area contributed by atoms with E-state index in [1.165, 1.54) is 29.4 Å². The third kappa shape index (κ3) is 3.87. The first-order valence-corrected chi connectivity index (χ1v) is 10.8. The lowest BCUT2D eigenvalue weighted by Gasteiger charge is -2.11. The molecule has 3 N–H and O–H groups in total. The van der Waals surface area contributed by atoms with E-state index >= 15 is 0 Å². The number of nitrogens with zero attached hydrogens (tertiary/aromatic N) is 5. The van der Waals surface area contributed by atoms with E-state index in [1.807, 2.05) is 29.6 Å². The number of hydrogen-bond donors (Lipinski definition) is 2. The summed E-state index contributed by atoms with van der Waals surface area (Å²) in [5.74, 6) is 0.585. The zero-order valence-corrected chi connectivity index (χ0v) is 17.6. The molecule has 0 saturated heterocycles. The van der Waals surface area contributed by atoms with Crippen molar-refractivity contribution in [3.8, 4) is 27.9 Å². The van der Waals surface area contributed by atoms with E-state index in [1.54, 1.807) is 6.20 Å². The van der Waals surface area contributed by atoms with Crippen molar-refractivity contribution >= 4 is 46.2 Å². The number of thiazole rings is 1. The molecule has 4 aromatic rings. The highest BCUT2D eigenvalue weighted by Crippen LogP contribution is 2.41. The largest absolute Gasteiger partial charge is 0.392 e. The molecule has 7 nitrogen and oxygen atoms in total. The van der Waals surface area contributed by atoms with Gasteiger partial charge in [0.2, 0.25) is 5.69 Å². The third-order valence-corrected chi connectivity index (χ3v) is 6.36. The summed E-state index contributed by atoms with van der Waals surface area (Å²) < 4.78 is 0. The lowest BCUT2D eigenvalue weighted by molar-refractivity contribution is 1.12. The predicted octanol–water partition coefficient (Wildman–Crippen LogP) is 5.55. The molecule has 0 spiro atoms. The van der Waals surface area contributed by atoms with E-state index < -0.39 is 0 Å². The van der Waals surface area contributed by atoms with E-state index in [9.17, 15) is 5.26 Å². The summed E-state index contributed by atoms with van der Waals surface area (Å²) in [7, 11) is 0. The lowest BCUT2D eigenvalue weighted by Crippen LogP contribution is -1.99. The van der Waals surface area contributed by atoms with Crippen LogP contribution in [0.2, 0.25) is 5.02 Å². The summed E-state index contributed by atoms with van der Waals surface area (Å²) in [5, 5.41) is 13.8. The SMILES string of the molecule is [C-]#[N+]c1c(N)nc(SCc2csc(-c3ccc(Cl)cc3)n2)c(C#N)c1-c1cnc[nH]1. The Morgan fingerprint density at radius 3 is 2.77 bits per heavy atom. The number of nitrogens with one attached hydrogen (secondary N) is 1. The number of nitriles is 1. The molecule has 0 aliphatic carbocycles. The number of pyridine rings is 1. The summed E-state index contributed by atoms with van der Waals surface area (Å²) in [4.78, 5) is 19.4. The van der Waals surface area contributed by atoms with E-state index in [2.05, 4.69) is 30.9 Å². The second-order valence-electron chi connectivity index (χ2n) is 6.03. The van der Waals surface area contributed by atoms with Crippen molar-refractivity contribution in [1.29, 1.82) is 5.26 Å². The Labute approximate surface area is 185 Å².